The zero-order valence-electron chi connectivity index (χ0n) is 10.5. The van der Waals surface area contributed by atoms with Gasteiger partial charge in [0, 0.05) is 11.8 Å². The summed E-state index contributed by atoms with van der Waals surface area (Å²) in [5, 5.41) is 0. The summed E-state index contributed by atoms with van der Waals surface area (Å²) in [6.07, 6.45) is 1.54. The highest BCUT2D eigenvalue weighted by molar-refractivity contribution is 5.09. The third-order valence-electron chi connectivity index (χ3n) is 2.69. The van der Waals surface area contributed by atoms with Gasteiger partial charge in [-0.05, 0) is 25.7 Å². The molecule has 16 heavy (non-hydrogen) atoms. The summed E-state index contributed by atoms with van der Waals surface area (Å²) in [6.45, 7) is 8.06. The molecule has 3 N–H and O–H groups in total. The van der Waals surface area contributed by atoms with E-state index in [0.29, 0.717) is 11.7 Å². The van der Waals surface area contributed by atoms with E-state index in [2.05, 4.69) is 23.8 Å². The van der Waals surface area contributed by atoms with E-state index in [1.165, 1.54) is 0 Å². The molecule has 4 heteroatoms. The first-order chi connectivity index (χ1) is 7.35. The third-order valence-corrected chi connectivity index (χ3v) is 2.69. The summed E-state index contributed by atoms with van der Waals surface area (Å²) < 4.78 is 0. The predicted molar refractivity (Wildman–Crippen MR) is 65.2 cm³/mol. The molecule has 1 aromatic rings. The van der Waals surface area contributed by atoms with Crippen LogP contribution in [0.5, 0.6) is 0 Å². The number of H-pyrrole nitrogens is 1. The summed E-state index contributed by atoms with van der Waals surface area (Å²) in [4.78, 5) is 18.7. The molecular formula is C12H21N3O. The zero-order valence-corrected chi connectivity index (χ0v) is 10.5. The van der Waals surface area contributed by atoms with Crippen molar-refractivity contribution in [3.05, 3.63) is 27.9 Å². The number of nitrogens with zero attached hydrogens (tertiary/aromatic N) is 1. The molecule has 0 saturated carbocycles. The van der Waals surface area contributed by atoms with Crippen molar-refractivity contribution in [3.8, 4) is 0 Å². The van der Waals surface area contributed by atoms with Crippen LogP contribution in [0.4, 0.5) is 0 Å². The Morgan fingerprint density at radius 1 is 1.56 bits per heavy atom. The quantitative estimate of drug-likeness (QED) is 0.813. The fraction of sp³-hybridized carbons (Fsp3) is 0.667. The minimum atomic E-state index is -0.563. The van der Waals surface area contributed by atoms with Crippen LogP contribution >= 0.6 is 0 Å². The van der Waals surface area contributed by atoms with Gasteiger partial charge in [-0.3, -0.25) is 4.79 Å². The Kier molecular flexibility index (Phi) is 3.86. The fourth-order valence-corrected chi connectivity index (χ4v) is 1.47. The number of aromatic amines is 1. The summed E-state index contributed by atoms with van der Waals surface area (Å²) in [5.74, 6) is 1.06. The molecule has 0 radical (unpaired) electrons. The molecule has 0 amide bonds. The Labute approximate surface area is 96.3 Å². The summed E-state index contributed by atoms with van der Waals surface area (Å²) in [5.41, 5.74) is 6.21. The maximum absolute atomic E-state index is 11.5. The van der Waals surface area contributed by atoms with Crippen molar-refractivity contribution < 1.29 is 0 Å². The Hall–Kier alpha value is -1.16. The molecular weight excluding hydrogens is 202 g/mol. The van der Waals surface area contributed by atoms with Crippen LogP contribution in [0.3, 0.4) is 0 Å². The number of rotatable bonds is 4. The maximum Gasteiger partial charge on any atom is 0.251 e. The lowest BCUT2D eigenvalue weighted by atomic mass is 9.99. The Balaban J connectivity index is 3.13. The molecule has 0 spiro atoms. The number of nitrogens with two attached hydrogens (primary N) is 1. The molecule has 0 bridgehead atoms. The second-order valence-electron chi connectivity index (χ2n) is 4.95. The van der Waals surface area contributed by atoms with Crippen LogP contribution in [0.2, 0.25) is 0 Å². The van der Waals surface area contributed by atoms with E-state index >= 15 is 0 Å². The second kappa shape index (κ2) is 4.78. The SMILES string of the molecule is CCC(C)(N)c1nc(CC(C)C)cc(=O)[nH]1. The van der Waals surface area contributed by atoms with Gasteiger partial charge >= 0.3 is 0 Å². The van der Waals surface area contributed by atoms with Gasteiger partial charge in [0.15, 0.2) is 0 Å². The molecule has 0 aliphatic rings. The van der Waals surface area contributed by atoms with Gasteiger partial charge in [0.2, 0.25) is 0 Å². The lowest BCUT2D eigenvalue weighted by molar-refractivity contribution is 0.440. The monoisotopic (exact) mass is 223 g/mol. The molecule has 1 heterocycles. The summed E-state index contributed by atoms with van der Waals surface area (Å²) >= 11 is 0. The van der Waals surface area contributed by atoms with Crippen LogP contribution in [0, 0.1) is 5.92 Å². The summed E-state index contributed by atoms with van der Waals surface area (Å²) in [7, 11) is 0. The Morgan fingerprint density at radius 2 is 2.19 bits per heavy atom. The van der Waals surface area contributed by atoms with Gasteiger partial charge in [-0.15, -0.1) is 0 Å². The van der Waals surface area contributed by atoms with Crippen LogP contribution < -0.4 is 11.3 Å². The molecule has 0 aliphatic heterocycles. The van der Waals surface area contributed by atoms with Gasteiger partial charge in [0.05, 0.1) is 5.54 Å². The first-order valence-corrected chi connectivity index (χ1v) is 5.74. The van der Waals surface area contributed by atoms with Crippen molar-refractivity contribution in [1.29, 1.82) is 0 Å². The largest absolute Gasteiger partial charge is 0.319 e. The second-order valence-corrected chi connectivity index (χ2v) is 4.95. The standard InChI is InChI=1S/C12H21N3O/c1-5-12(4,13)11-14-9(6-8(2)3)7-10(16)15-11/h7-8H,5-6,13H2,1-4H3,(H,14,15,16). The number of hydrogen-bond donors (Lipinski definition) is 2. The van der Waals surface area contributed by atoms with Crippen LogP contribution in [-0.2, 0) is 12.0 Å². The molecule has 0 fully saturated rings. The predicted octanol–water partition coefficient (Wildman–Crippen LogP) is 1.55. The van der Waals surface area contributed by atoms with E-state index in [1.54, 1.807) is 6.07 Å². The van der Waals surface area contributed by atoms with Crippen molar-refractivity contribution in [2.75, 3.05) is 0 Å². The van der Waals surface area contributed by atoms with Crippen LogP contribution in [0.1, 0.15) is 45.6 Å². The molecule has 90 valence electrons. The van der Waals surface area contributed by atoms with Gasteiger partial charge < -0.3 is 10.7 Å². The molecule has 1 atom stereocenters. The van der Waals surface area contributed by atoms with Crippen molar-refractivity contribution >= 4 is 0 Å². The lowest BCUT2D eigenvalue weighted by Gasteiger charge is -2.21. The van der Waals surface area contributed by atoms with E-state index in [1.807, 2.05) is 13.8 Å². The van der Waals surface area contributed by atoms with Gasteiger partial charge in [0.1, 0.15) is 5.82 Å². The molecule has 0 saturated heterocycles. The van der Waals surface area contributed by atoms with E-state index in [0.717, 1.165) is 18.5 Å². The van der Waals surface area contributed by atoms with E-state index in [4.69, 9.17) is 5.73 Å². The normalized spacial score (nSPS) is 15.1. The van der Waals surface area contributed by atoms with E-state index in [-0.39, 0.29) is 5.56 Å². The number of hydrogen-bond acceptors (Lipinski definition) is 3. The third kappa shape index (κ3) is 3.17. The van der Waals surface area contributed by atoms with Crippen molar-refractivity contribution in [1.82, 2.24) is 9.97 Å². The minimum Gasteiger partial charge on any atom is -0.319 e. The highest BCUT2D eigenvalue weighted by Gasteiger charge is 2.22. The van der Waals surface area contributed by atoms with Gasteiger partial charge in [-0.2, -0.15) is 0 Å². The molecule has 0 aromatic carbocycles. The Morgan fingerprint density at radius 3 is 2.69 bits per heavy atom. The van der Waals surface area contributed by atoms with Crippen LogP contribution in [0.15, 0.2) is 10.9 Å². The van der Waals surface area contributed by atoms with Gasteiger partial charge in [-0.25, -0.2) is 4.98 Å². The first kappa shape index (κ1) is 12.9. The average molecular weight is 223 g/mol. The minimum absolute atomic E-state index is 0.120. The highest BCUT2D eigenvalue weighted by atomic mass is 16.1. The van der Waals surface area contributed by atoms with Crippen LogP contribution in [-0.4, -0.2) is 9.97 Å². The molecule has 1 rings (SSSR count). The molecule has 4 nitrogen and oxygen atoms in total. The lowest BCUT2D eigenvalue weighted by Crippen LogP contribution is -2.36. The first-order valence-electron chi connectivity index (χ1n) is 5.74. The fourth-order valence-electron chi connectivity index (χ4n) is 1.47. The average Bonchev–Trinajstić information content (AvgIpc) is 2.15. The maximum atomic E-state index is 11.5. The van der Waals surface area contributed by atoms with Crippen molar-refractivity contribution in [2.24, 2.45) is 11.7 Å². The topological polar surface area (TPSA) is 71.8 Å². The smallest absolute Gasteiger partial charge is 0.251 e. The molecule has 0 aliphatic carbocycles. The Bertz CT molecular complexity index is 407. The molecule has 1 aromatic heterocycles. The van der Waals surface area contributed by atoms with Crippen LogP contribution in [0.25, 0.3) is 0 Å². The highest BCUT2D eigenvalue weighted by Crippen LogP contribution is 2.16. The summed E-state index contributed by atoms with van der Waals surface area (Å²) in [6, 6.07) is 1.55. The number of nitrogens with one attached hydrogen (secondary N) is 1. The van der Waals surface area contributed by atoms with E-state index in [9.17, 15) is 4.79 Å². The number of aromatic nitrogens is 2. The van der Waals surface area contributed by atoms with E-state index < -0.39 is 5.54 Å². The van der Waals surface area contributed by atoms with Crippen molar-refractivity contribution in [2.45, 2.75) is 46.1 Å². The zero-order chi connectivity index (χ0) is 12.3. The van der Waals surface area contributed by atoms with Gasteiger partial charge in [0.25, 0.3) is 5.56 Å². The van der Waals surface area contributed by atoms with Gasteiger partial charge in [-0.1, -0.05) is 20.8 Å². The molecule has 1 unspecified atom stereocenters. The van der Waals surface area contributed by atoms with Crippen molar-refractivity contribution in [3.63, 3.8) is 0 Å².